The van der Waals surface area contributed by atoms with Crippen molar-refractivity contribution in [3.05, 3.63) is 66.0 Å². The molecule has 102 valence electrons. The van der Waals surface area contributed by atoms with Crippen LogP contribution in [0, 0.1) is 5.82 Å². The summed E-state index contributed by atoms with van der Waals surface area (Å²) in [6.07, 6.45) is 1.25. The molecule has 1 amide bonds. The Bertz CT molecular complexity index is 600. The lowest BCUT2D eigenvalue weighted by molar-refractivity contribution is -0.123. The summed E-state index contributed by atoms with van der Waals surface area (Å²) >= 11 is 0. The van der Waals surface area contributed by atoms with Crippen LogP contribution in [0.15, 0.2) is 59.7 Å². The molecule has 0 heterocycles. The highest BCUT2D eigenvalue weighted by molar-refractivity contribution is 5.83. The molecule has 0 radical (unpaired) electrons. The Morgan fingerprint density at radius 3 is 2.60 bits per heavy atom. The van der Waals surface area contributed by atoms with Gasteiger partial charge in [0.15, 0.2) is 6.61 Å². The predicted molar refractivity (Wildman–Crippen MR) is 74.1 cm³/mol. The van der Waals surface area contributed by atoms with Gasteiger partial charge in [-0.05, 0) is 18.2 Å². The van der Waals surface area contributed by atoms with Crippen LogP contribution in [0.3, 0.4) is 0 Å². The van der Waals surface area contributed by atoms with E-state index in [-0.39, 0.29) is 6.61 Å². The van der Waals surface area contributed by atoms with Crippen molar-refractivity contribution in [1.29, 1.82) is 0 Å². The molecule has 0 aromatic heterocycles. The number of nitrogens with one attached hydrogen (secondary N) is 1. The SMILES string of the molecule is O=C(COc1ccccc1)N/N=C\c1ccccc1F. The molecule has 0 fully saturated rings. The van der Waals surface area contributed by atoms with E-state index in [0.717, 1.165) is 0 Å². The van der Waals surface area contributed by atoms with E-state index >= 15 is 0 Å². The quantitative estimate of drug-likeness (QED) is 0.671. The Balaban J connectivity index is 1.79. The van der Waals surface area contributed by atoms with Crippen molar-refractivity contribution in [1.82, 2.24) is 5.43 Å². The number of amides is 1. The third-order valence-electron chi connectivity index (χ3n) is 2.41. The highest BCUT2D eigenvalue weighted by Crippen LogP contribution is 2.07. The number of benzene rings is 2. The molecular weight excluding hydrogens is 259 g/mol. The summed E-state index contributed by atoms with van der Waals surface area (Å²) in [4.78, 5) is 11.4. The van der Waals surface area contributed by atoms with Crippen LogP contribution in [-0.2, 0) is 4.79 Å². The van der Waals surface area contributed by atoms with Crippen molar-refractivity contribution in [2.75, 3.05) is 6.61 Å². The van der Waals surface area contributed by atoms with Crippen LogP contribution in [0.25, 0.3) is 0 Å². The number of hydrogen-bond acceptors (Lipinski definition) is 3. The Morgan fingerprint density at radius 1 is 1.15 bits per heavy atom. The monoisotopic (exact) mass is 272 g/mol. The number of carbonyl (C=O) groups excluding carboxylic acids is 1. The third kappa shape index (κ3) is 4.20. The Hall–Kier alpha value is -2.69. The first-order valence-electron chi connectivity index (χ1n) is 6.00. The summed E-state index contributed by atoms with van der Waals surface area (Å²) < 4.78 is 18.5. The molecule has 4 nitrogen and oxygen atoms in total. The minimum Gasteiger partial charge on any atom is -0.484 e. The van der Waals surface area contributed by atoms with E-state index in [4.69, 9.17) is 4.74 Å². The molecule has 0 aliphatic rings. The van der Waals surface area contributed by atoms with E-state index in [0.29, 0.717) is 11.3 Å². The number of hydrazone groups is 1. The van der Waals surface area contributed by atoms with Gasteiger partial charge in [-0.3, -0.25) is 4.79 Å². The number of hydrogen-bond donors (Lipinski definition) is 1. The fourth-order valence-corrected chi connectivity index (χ4v) is 1.45. The van der Waals surface area contributed by atoms with Crippen molar-refractivity contribution in [3.8, 4) is 5.75 Å². The van der Waals surface area contributed by atoms with Gasteiger partial charge in [0.25, 0.3) is 5.91 Å². The van der Waals surface area contributed by atoms with Gasteiger partial charge in [0.2, 0.25) is 0 Å². The lowest BCUT2D eigenvalue weighted by atomic mass is 10.2. The van der Waals surface area contributed by atoms with Gasteiger partial charge < -0.3 is 4.74 Å². The zero-order valence-electron chi connectivity index (χ0n) is 10.6. The van der Waals surface area contributed by atoms with E-state index in [1.807, 2.05) is 18.2 Å². The number of para-hydroxylation sites is 1. The maximum absolute atomic E-state index is 13.3. The van der Waals surface area contributed by atoms with Crippen LogP contribution >= 0.6 is 0 Å². The van der Waals surface area contributed by atoms with Crippen LogP contribution < -0.4 is 10.2 Å². The minimum atomic E-state index is -0.415. The van der Waals surface area contributed by atoms with Crippen LogP contribution in [0.4, 0.5) is 4.39 Å². The molecule has 0 aliphatic heterocycles. The van der Waals surface area contributed by atoms with E-state index < -0.39 is 11.7 Å². The largest absolute Gasteiger partial charge is 0.484 e. The number of ether oxygens (including phenoxy) is 1. The van der Waals surface area contributed by atoms with Gasteiger partial charge in [0, 0.05) is 5.56 Å². The summed E-state index contributed by atoms with van der Waals surface area (Å²) in [5.74, 6) is -0.215. The smallest absolute Gasteiger partial charge is 0.277 e. The summed E-state index contributed by atoms with van der Waals surface area (Å²) in [6, 6.07) is 15.1. The van der Waals surface area contributed by atoms with E-state index in [9.17, 15) is 9.18 Å². The van der Waals surface area contributed by atoms with E-state index in [2.05, 4.69) is 10.5 Å². The van der Waals surface area contributed by atoms with Gasteiger partial charge in [-0.15, -0.1) is 0 Å². The van der Waals surface area contributed by atoms with Crippen molar-refractivity contribution < 1.29 is 13.9 Å². The number of halogens is 1. The molecule has 1 N–H and O–H groups in total. The topological polar surface area (TPSA) is 50.7 Å². The van der Waals surface area contributed by atoms with Gasteiger partial charge in [-0.25, -0.2) is 9.82 Å². The second-order valence-corrected chi connectivity index (χ2v) is 3.92. The number of carbonyl (C=O) groups is 1. The summed E-state index contributed by atoms with van der Waals surface area (Å²) in [5, 5.41) is 3.67. The minimum absolute atomic E-state index is 0.154. The lowest BCUT2D eigenvalue weighted by Gasteiger charge is -2.04. The first kappa shape index (κ1) is 13.7. The van der Waals surface area contributed by atoms with Crippen molar-refractivity contribution in [3.63, 3.8) is 0 Å². The average Bonchev–Trinajstić information content (AvgIpc) is 2.48. The summed E-state index contributed by atoms with van der Waals surface area (Å²) in [5.41, 5.74) is 2.57. The molecule has 2 aromatic rings. The van der Waals surface area contributed by atoms with E-state index in [1.165, 1.54) is 12.3 Å². The second kappa shape index (κ2) is 7.04. The van der Waals surface area contributed by atoms with Gasteiger partial charge in [-0.1, -0.05) is 36.4 Å². The standard InChI is InChI=1S/C15H13FN2O2/c16-14-9-5-4-6-12(14)10-17-18-15(19)11-20-13-7-2-1-3-8-13/h1-10H,11H2,(H,18,19)/b17-10-. The molecule has 0 bridgehead atoms. The molecule has 0 spiro atoms. The molecule has 0 aliphatic carbocycles. The fraction of sp³-hybridized carbons (Fsp3) is 0.0667. The van der Waals surface area contributed by atoms with Crippen LogP contribution in [0.5, 0.6) is 5.75 Å². The predicted octanol–water partition coefficient (Wildman–Crippen LogP) is 2.35. The Labute approximate surface area is 115 Å². The van der Waals surface area contributed by atoms with Crippen molar-refractivity contribution in [2.45, 2.75) is 0 Å². The highest BCUT2D eigenvalue weighted by Gasteiger charge is 2.01. The summed E-state index contributed by atoms with van der Waals surface area (Å²) in [7, 11) is 0. The van der Waals surface area contributed by atoms with Crippen LogP contribution in [0.2, 0.25) is 0 Å². The summed E-state index contributed by atoms with van der Waals surface area (Å²) in [6.45, 7) is -0.154. The van der Waals surface area contributed by atoms with Gasteiger partial charge in [-0.2, -0.15) is 5.10 Å². The maximum atomic E-state index is 13.3. The lowest BCUT2D eigenvalue weighted by Crippen LogP contribution is -2.24. The molecule has 20 heavy (non-hydrogen) atoms. The van der Waals surface area contributed by atoms with Crippen LogP contribution in [0.1, 0.15) is 5.56 Å². The van der Waals surface area contributed by atoms with Crippen LogP contribution in [-0.4, -0.2) is 18.7 Å². The molecule has 0 saturated carbocycles. The first-order valence-corrected chi connectivity index (χ1v) is 6.00. The fourth-order valence-electron chi connectivity index (χ4n) is 1.45. The molecule has 5 heteroatoms. The number of rotatable bonds is 5. The van der Waals surface area contributed by atoms with Crippen molar-refractivity contribution in [2.24, 2.45) is 5.10 Å². The van der Waals surface area contributed by atoms with Gasteiger partial charge in [0.05, 0.1) is 6.21 Å². The normalized spacial score (nSPS) is 10.4. The zero-order chi connectivity index (χ0) is 14.2. The van der Waals surface area contributed by atoms with Crippen molar-refractivity contribution >= 4 is 12.1 Å². The molecule has 0 atom stereocenters. The first-order chi connectivity index (χ1) is 9.75. The number of nitrogens with zero attached hydrogens (tertiary/aromatic N) is 1. The molecule has 0 unspecified atom stereocenters. The van der Waals surface area contributed by atoms with Gasteiger partial charge >= 0.3 is 0 Å². The maximum Gasteiger partial charge on any atom is 0.277 e. The zero-order valence-corrected chi connectivity index (χ0v) is 10.6. The second-order valence-electron chi connectivity index (χ2n) is 3.92. The van der Waals surface area contributed by atoms with Gasteiger partial charge in [0.1, 0.15) is 11.6 Å². The molecule has 2 aromatic carbocycles. The average molecular weight is 272 g/mol. The highest BCUT2D eigenvalue weighted by atomic mass is 19.1. The Morgan fingerprint density at radius 2 is 1.85 bits per heavy atom. The molecule has 2 rings (SSSR count). The van der Waals surface area contributed by atoms with E-state index in [1.54, 1.807) is 30.3 Å². The molecule has 0 saturated heterocycles. The molecular formula is C15H13FN2O2. The Kier molecular flexibility index (Phi) is 4.83. The third-order valence-corrected chi connectivity index (χ3v) is 2.41.